The summed E-state index contributed by atoms with van der Waals surface area (Å²) in [6.45, 7) is 3.07. The molecule has 0 aromatic heterocycles. The number of hydrogen-bond acceptors (Lipinski definition) is 7. The van der Waals surface area contributed by atoms with E-state index < -0.39 is 25.7 Å². The maximum atomic E-state index is 12.0. The summed E-state index contributed by atoms with van der Waals surface area (Å²) < 4.78 is 5.79. The first-order valence-electron chi connectivity index (χ1n) is 12.9. The first kappa shape index (κ1) is 32.3. The normalized spacial score (nSPS) is 12.1. The molecule has 0 saturated carbocycles. The number of carboxylic acid groups (broad SMARTS) is 2. The third-order valence-corrected chi connectivity index (χ3v) is 6.12. The van der Waals surface area contributed by atoms with Gasteiger partial charge in [-0.3, -0.25) is 14.5 Å². The predicted octanol–water partition coefficient (Wildman–Crippen LogP) is 3.03. The Kier molecular flexibility index (Phi) is 13.6. The maximum absolute atomic E-state index is 12.0. The topological polar surface area (TPSA) is 140 Å². The molecule has 1 unspecified atom stereocenters. The second-order valence-electron chi connectivity index (χ2n) is 8.86. The van der Waals surface area contributed by atoms with Crippen molar-refractivity contribution in [3.8, 4) is 5.75 Å². The van der Waals surface area contributed by atoms with E-state index in [0.717, 1.165) is 46.6 Å². The number of allylic oxidation sites excluding steroid dienone is 1. The highest BCUT2D eigenvalue weighted by Gasteiger charge is 2.26. The zero-order chi connectivity index (χ0) is 29.5. The highest BCUT2D eigenvalue weighted by Crippen LogP contribution is 2.35. The minimum absolute atomic E-state index is 0.374. The molecule has 0 aliphatic carbocycles. The smallest absolute Gasteiger partial charge is 0.432 e. The first-order chi connectivity index (χ1) is 19.3. The number of hydrogen-bond donors (Lipinski definition) is 5. The zero-order valence-corrected chi connectivity index (χ0v) is 23.1. The van der Waals surface area contributed by atoms with Gasteiger partial charge in [-0.1, -0.05) is 73.7 Å². The molecule has 3 aromatic rings. The fraction of sp³-hybridized carbons (Fsp3) is 0.267. The number of aliphatic carboxylic acids is 2. The van der Waals surface area contributed by atoms with Crippen LogP contribution in [0.25, 0.3) is 11.1 Å². The summed E-state index contributed by atoms with van der Waals surface area (Å²) in [5.41, 5.74) is 5.81. The van der Waals surface area contributed by atoms with Gasteiger partial charge < -0.3 is 30.3 Å². The van der Waals surface area contributed by atoms with E-state index in [9.17, 15) is 14.7 Å². The van der Waals surface area contributed by atoms with Gasteiger partial charge in [-0.2, -0.15) is 0 Å². The number of likely N-dealkylation sites (N-methyl/N-ethyl adjacent to an activating group) is 2. The highest BCUT2D eigenvalue weighted by molar-refractivity contribution is 6.13. The first-order valence-corrected chi connectivity index (χ1v) is 12.9. The summed E-state index contributed by atoms with van der Waals surface area (Å²) in [6.07, 6.45) is 0.792. The Hall–Kier alpha value is -3.96. The van der Waals surface area contributed by atoms with Crippen LogP contribution in [0.5, 0.6) is 5.75 Å². The van der Waals surface area contributed by atoms with Gasteiger partial charge in [-0.25, -0.2) is 0 Å². The average Bonchev–Trinajstić information content (AvgIpc) is 2.93. The van der Waals surface area contributed by atoms with E-state index in [4.69, 9.17) is 19.9 Å². The average molecular weight is 548 g/mol. The standard InChI is InChI=1S/C30H34N2O5.BH3O2/c1-4-26(21-8-6-5-7-9-21)28(23-14-16-25(17-15-23)37-19-18-31-2)22-10-12-24(13-11-22)29(30(35)36)32(3)20-27(33)34;2-1-3/h5-17,29,31H,4,18-20H2,1-3H3,(H,33,34)(H,35,36);1-3H. The summed E-state index contributed by atoms with van der Waals surface area (Å²) in [4.78, 5) is 24.4. The van der Waals surface area contributed by atoms with Crippen molar-refractivity contribution in [3.05, 3.63) is 101 Å². The molecule has 0 bridgehead atoms. The molecule has 0 aliphatic rings. The van der Waals surface area contributed by atoms with Crippen LogP contribution >= 0.6 is 0 Å². The lowest BCUT2D eigenvalue weighted by Crippen LogP contribution is -2.34. The van der Waals surface area contributed by atoms with E-state index in [2.05, 4.69) is 24.4 Å². The summed E-state index contributed by atoms with van der Waals surface area (Å²) >= 11 is 0. The molecule has 10 heteroatoms. The van der Waals surface area contributed by atoms with Gasteiger partial charge in [0.1, 0.15) is 18.4 Å². The molecule has 0 spiro atoms. The predicted molar refractivity (Wildman–Crippen MR) is 157 cm³/mol. The molecule has 3 aromatic carbocycles. The van der Waals surface area contributed by atoms with Crippen molar-refractivity contribution in [2.45, 2.75) is 19.4 Å². The van der Waals surface area contributed by atoms with Crippen molar-refractivity contribution in [2.24, 2.45) is 0 Å². The number of ether oxygens (including phenoxy) is 1. The summed E-state index contributed by atoms with van der Waals surface area (Å²) in [5.74, 6) is -1.39. The zero-order valence-electron chi connectivity index (χ0n) is 23.1. The minimum atomic E-state index is -1.10. The van der Waals surface area contributed by atoms with Crippen LogP contribution in [0.15, 0.2) is 78.9 Å². The third kappa shape index (κ3) is 9.35. The van der Waals surface area contributed by atoms with Crippen molar-refractivity contribution in [1.82, 2.24) is 10.2 Å². The Morgan fingerprint density at radius 3 is 1.93 bits per heavy atom. The molecule has 9 nitrogen and oxygen atoms in total. The molecular formula is C30H37BN2O7. The van der Waals surface area contributed by atoms with Crippen LogP contribution in [0.2, 0.25) is 0 Å². The van der Waals surface area contributed by atoms with Crippen molar-refractivity contribution in [1.29, 1.82) is 0 Å². The van der Waals surface area contributed by atoms with Gasteiger partial charge in [-0.05, 0) is 66.0 Å². The summed E-state index contributed by atoms with van der Waals surface area (Å²) in [7, 11) is 2.63. The third-order valence-electron chi connectivity index (χ3n) is 6.12. The summed E-state index contributed by atoms with van der Waals surface area (Å²) in [6, 6.07) is 24.5. The number of rotatable bonds is 13. The van der Waals surface area contributed by atoms with Crippen molar-refractivity contribution in [3.63, 3.8) is 0 Å². The van der Waals surface area contributed by atoms with Crippen LogP contribution in [0.4, 0.5) is 0 Å². The molecule has 0 aliphatic heterocycles. The van der Waals surface area contributed by atoms with Gasteiger partial charge in [0.15, 0.2) is 0 Å². The van der Waals surface area contributed by atoms with Crippen LogP contribution in [0, 0.1) is 0 Å². The largest absolute Gasteiger partial charge is 0.492 e. The van der Waals surface area contributed by atoms with Crippen molar-refractivity contribution >= 4 is 30.8 Å². The van der Waals surface area contributed by atoms with Gasteiger partial charge in [0, 0.05) is 6.54 Å². The van der Waals surface area contributed by atoms with Crippen LogP contribution in [0.1, 0.15) is 41.6 Å². The van der Waals surface area contributed by atoms with Crippen LogP contribution in [-0.4, -0.2) is 78.6 Å². The highest BCUT2D eigenvalue weighted by atomic mass is 16.5. The molecule has 0 radical (unpaired) electrons. The van der Waals surface area contributed by atoms with Crippen LogP contribution in [0.3, 0.4) is 0 Å². The quantitative estimate of drug-likeness (QED) is 0.124. The molecule has 0 heterocycles. The molecule has 0 amide bonds. The van der Waals surface area contributed by atoms with E-state index in [1.807, 2.05) is 61.6 Å². The van der Waals surface area contributed by atoms with Gasteiger partial charge in [0.2, 0.25) is 0 Å². The van der Waals surface area contributed by atoms with Crippen molar-refractivity contribution in [2.75, 3.05) is 33.8 Å². The van der Waals surface area contributed by atoms with Gasteiger partial charge in [0.05, 0.1) is 6.54 Å². The Bertz CT molecular complexity index is 1230. The molecule has 5 N–H and O–H groups in total. The minimum Gasteiger partial charge on any atom is -0.492 e. The molecule has 0 saturated heterocycles. The number of carboxylic acids is 2. The molecule has 212 valence electrons. The molecule has 1 atom stereocenters. The number of benzene rings is 3. The number of carbonyl (C=O) groups is 2. The van der Waals surface area contributed by atoms with E-state index in [-0.39, 0.29) is 6.54 Å². The Labute approximate surface area is 235 Å². The van der Waals surface area contributed by atoms with Crippen LogP contribution < -0.4 is 10.1 Å². The monoisotopic (exact) mass is 548 g/mol. The second kappa shape index (κ2) is 16.9. The molecular weight excluding hydrogens is 511 g/mol. The molecule has 0 fully saturated rings. The van der Waals surface area contributed by atoms with Crippen LogP contribution in [-0.2, 0) is 9.59 Å². The number of nitrogens with zero attached hydrogens (tertiary/aromatic N) is 1. The molecule has 3 rings (SSSR count). The lowest BCUT2D eigenvalue weighted by molar-refractivity contribution is -0.145. The lowest BCUT2D eigenvalue weighted by Gasteiger charge is -2.24. The van der Waals surface area contributed by atoms with Gasteiger partial charge in [0.25, 0.3) is 0 Å². The fourth-order valence-corrected chi connectivity index (χ4v) is 4.39. The Balaban J connectivity index is 0.00000178. The fourth-order valence-electron chi connectivity index (χ4n) is 4.39. The SMILES string of the molecule is CCC(=C(c1ccc(OCCNC)cc1)c1ccc(C(C(=O)O)N(C)CC(=O)O)cc1)c1ccccc1.OBO. The Morgan fingerprint density at radius 2 is 1.45 bits per heavy atom. The van der Waals surface area contributed by atoms with E-state index in [1.165, 1.54) is 11.9 Å². The lowest BCUT2D eigenvalue weighted by atomic mass is 9.87. The summed E-state index contributed by atoms with van der Waals surface area (Å²) in [5, 5.41) is 36.2. The van der Waals surface area contributed by atoms with Crippen molar-refractivity contribution < 1.29 is 34.6 Å². The van der Waals surface area contributed by atoms with E-state index in [0.29, 0.717) is 12.2 Å². The second-order valence-corrected chi connectivity index (χ2v) is 8.86. The van der Waals surface area contributed by atoms with E-state index >= 15 is 0 Å². The Morgan fingerprint density at radius 1 is 0.900 bits per heavy atom. The van der Waals surface area contributed by atoms with Gasteiger partial charge in [-0.15, -0.1) is 0 Å². The van der Waals surface area contributed by atoms with Gasteiger partial charge >= 0.3 is 19.6 Å². The maximum Gasteiger partial charge on any atom is 0.432 e. The van der Waals surface area contributed by atoms with E-state index in [1.54, 1.807) is 12.1 Å². The number of nitrogens with one attached hydrogen (secondary N) is 1. The molecule has 40 heavy (non-hydrogen) atoms.